The summed E-state index contributed by atoms with van der Waals surface area (Å²) in [7, 11) is -4.00. The first kappa shape index (κ1) is 26.8. The van der Waals surface area contributed by atoms with E-state index in [1.165, 1.54) is 4.31 Å². The van der Waals surface area contributed by atoms with E-state index in [4.69, 9.17) is 16.3 Å². The third-order valence-corrected chi connectivity index (χ3v) is 9.54. The molecule has 4 rings (SSSR count). The standard InChI is InChI=1S/C26H31ClF2N2O4S/c1-19-15-20(5-7-22(19)27)35-18-26(17-25(32)30-11-3-2-4-12-30)9-13-31(14-10-26)36(33,34)21-6-8-23(28)24(29)16-21/h5-8,15-16H,2-4,9-14,17-18H2,1H3. The second-order valence-electron chi connectivity index (χ2n) is 9.80. The molecule has 196 valence electrons. The molecule has 2 aromatic carbocycles. The molecule has 2 aliphatic heterocycles. The van der Waals surface area contributed by atoms with Gasteiger partial charge < -0.3 is 9.64 Å². The predicted molar refractivity (Wildman–Crippen MR) is 134 cm³/mol. The Balaban J connectivity index is 1.51. The van der Waals surface area contributed by atoms with Crippen molar-refractivity contribution in [2.24, 2.45) is 5.41 Å². The summed E-state index contributed by atoms with van der Waals surface area (Å²) in [6.07, 6.45) is 4.16. The van der Waals surface area contributed by atoms with E-state index < -0.39 is 27.1 Å². The number of likely N-dealkylation sites (tertiary alicyclic amines) is 1. The van der Waals surface area contributed by atoms with Crippen molar-refractivity contribution in [1.82, 2.24) is 9.21 Å². The van der Waals surface area contributed by atoms with Gasteiger partial charge in [-0.1, -0.05) is 11.6 Å². The molecule has 2 heterocycles. The van der Waals surface area contributed by atoms with Gasteiger partial charge in [-0.3, -0.25) is 4.79 Å². The molecule has 10 heteroatoms. The number of aryl methyl sites for hydroxylation is 1. The van der Waals surface area contributed by atoms with Gasteiger partial charge in [0.25, 0.3) is 0 Å². The van der Waals surface area contributed by atoms with Gasteiger partial charge in [-0.05, 0) is 81.0 Å². The van der Waals surface area contributed by atoms with Crippen molar-refractivity contribution < 1.29 is 26.7 Å². The Bertz CT molecular complexity index is 1210. The van der Waals surface area contributed by atoms with Crippen molar-refractivity contribution in [3.63, 3.8) is 0 Å². The molecule has 0 aromatic heterocycles. The summed E-state index contributed by atoms with van der Waals surface area (Å²) in [5.74, 6) is -1.61. The molecule has 0 radical (unpaired) electrons. The molecule has 2 aliphatic rings. The molecular weight excluding hydrogens is 510 g/mol. The number of ether oxygens (including phenoxy) is 1. The number of sulfonamides is 1. The van der Waals surface area contributed by atoms with Gasteiger partial charge >= 0.3 is 0 Å². The monoisotopic (exact) mass is 540 g/mol. The van der Waals surface area contributed by atoms with E-state index in [0.29, 0.717) is 29.7 Å². The average Bonchev–Trinajstić information content (AvgIpc) is 2.87. The van der Waals surface area contributed by atoms with Crippen molar-refractivity contribution in [2.75, 3.05) is 32.8 Å². The lowest BCUT2D eigenvalue weighted by Crippen LogP contribution is -2.48. The minimum atomic E-state index is -4.00. The molecule has 6 nitrogen and oxygen atoms in total. The van der Waals surface area contributed by atoms with Gasteiger partial charge in [0, 0.05) is 43.0 Å². The number of piperidine rings is 2. The zero-order valence-electron chi connectivity index (χ0n) is 20.3. The maximum atomic E-state index is 13.7. The van der Waals surface area contributed by atoms with Crippen LogP contribution in [-0.2, 0) is 14.8 Å². The van der Waals surface area contributed by atoms with E-state index in [1.807, 2.05) is 17.9 Å². The largest absolute Gasteiger partial charge is 0.493 e. The first-order valence-electron chi connectivity index (χ1n) is 12.2. The Kier molecular flexibility index (Phi) is 8.22. The number of carbonyl (C=O) groups excluding carboxylic acids is 1. The van der Waals surface area contributed by atoms with Crippen LogP contribution < -0.4 is 4.74 Å². The fraction of sp³-hybridized carbons (Fsp3) is 0.500. The third-order valence-electron chi connectivity index (χ3n) is 7.22. The predicted octanol–water partition coefficient (Wildman–Crippen LogP) is 5.18. The number of rotatable bonds is 7. The maximum Gasteiger partial charge on any atom is 0.243 e. The Hall–Kier alpha value is -2.23. The van der Waals surface area contributed by atoms with E-state index in [9.17, 15) is 22.0 Å². The van der Waals surface area contributed by atoms with Crippen molar-refractivity contribution in [3.05, 3.63) is 58.6 Å². The molecule has 2 aromatic rings. The molecule has 0 saturated carbocycles. The lowest BCUT2D eigenvalue weighted by Gasteiger charge is -2.42. The van der Waals surface area contributed by atoms with Crippen LogP contribution in [0, 0.1) is 24.0 Å². The molecule has 0 spiro atoms. The summed E-state index contributed by atoms with van der Waals surface area (Å²) in [5, 5.41) is 0.632. The van der Waals surface area contributed by atoms with Crippen LogP contribution in [0.2, 0.25) is 5.02 Å². The summed E-state index contributed by atoms with van der Waals surface area (Å²) >= 11 is 6.13. The Morgan fingerprint density at radius 1 is 1.00 bits per heavy atom. The molecule has 36 heavy (non-hydrogen) atoms. The summed E-state index contributed by atoms with van der Waals surface area (Å²) in [6.45, 7) is 3.92. The number of benzene rings is 2. The van der Waals surface area contributed by atoms with E-state index in [2.05, 4.69) is 0 Å². The quantitative estimate of drug-likeness (QED) is 0.485. The van der Waals surface area contributed by atoms with Gasteiger partial charge in [0.15, 0.2) is 11.6 Å². The summed E-state index contributed by atoms with van der Waals surface area (Å²) in [4.78, 5) is 14.8. The highest BCUT2D eigenvalue weighted by molar-refractivity contribution is 7.89. The highest BCUT2D eigenvalue weighted by Gasteiger charge is 2.42. The molecular formula is C26H31ClF2N2O4S. The summed E-state index contributed by atoms with van der Waals surface area (Å²) < 4.78 is 60.6. The Labute approximate surface area is 216 Å². The molecule has 1 amide bonds. The van der Waals surface area contributed by atoms with E-state index in [1.54, 1.807) is 12.1 Å². The highest BCUT2D eigenvalue weighted by Crippen LogP contribution is 2.39. The zero-order valence-corrected chi connectivity index (χ0v) is 21.9. The average molecular weight is 541 g/mol. The van der Waals surface area contributed by atoms with E-state index >= 15 is 0 Å². The molecule has 0 aliphatic carbocycles. The lowest BCUT2D eigenvalue weighted by molar-refractivity contribution is -0.136. The number of hydrogen-bond acceptors (Lipinski definition) is 4. The summed E-state index contributed by atoms with van der Waals surface area (Å²) in [6, 6.07) is 7.97. The topological polar surface area (TPSA) is 66.9 Å². The van der Waals surface area contributed by atoms with Gasteiger partial charge in [-0.15, -0.1) is 0 Å². The van der Waals surface area contributed by atoms with Gasteiger partial charge in [0.1, 0.15) is 5.75 Å². The SMILES string of the molecule is Cc1cc(OCC2(CC(=O)N3CCCCC3)CCN(S(=O)(=O)c3ccc(F)c(F)c3)CC2)ccc1Cl. The first-order chi connectivity index (χ1) is 17.1. The van der Waals surface area contributed by atoms with Gasteiger partial charge in [0.2, 0.25) is 15.9 Å². The van der Waals surface area contributed by atoms with Gasteiger partial charge in [0.05, 0.1) is 11.5 Å². The molecule has 2 saturated heterocycles. The number of carbonyl (C=O) groups is 1. The van der Waals surface area contributed by atoms with Crippen molar-refractivity contribution >= 4 is 27.5 Å². The number of halogens is 3. The molecule has 0 unspecified atom stereocenters. The number of nitrogens with zero attached hydrogens (tertiary/aromatic N) is 2. The van der Waals surface area contributed by atoms with Crippen LogP contribution in [-0.4, -0.2) is 56.3 Å². The minimum absolute atomic E-state index is 0.0579. The summed E-state index contributed by atoms with van der Waals surface area (Å²) in [5.41, 5.74) is 0.322. The smallest absolute Gasteiger partial charge is 0.243 e. The second-order valence-corrected chi connectivity index (χ2v) is 12.1. The lowest BCUT2D eigenvalue weighted by atomic mass is 9.76. The van der Waals surface area contributed by atoms with Gasteiger partial charge in [-0.2, -0.15) is 4.31 Å². The second kappa shape index (κ2) is 11.0. The number of hydrogen-bond donors (Lipinski definition) is 0. The van der Waals surface area contributed by atoms with Crippen LogP contribution in [0.3, 0.4) is 0 Å². The van der Waals surface area contributed by atoms with Crippen LogP contribution in [0.25, 0.3) is 0 Å². The highest BCUT2D eigenvalue weighted by atomic mass is 35.5. The van der Waals surface area contributed by atoms with Crippen molar-refractivity contribution in [1.29, 1.82) is 0 Å². The van der Waals surface area contributed by atoms with E-state index in [0.717, 1.165) is 50.0 Å². The van der Waals surface area contributed by atoms with Crippen LogP contribution in [0.15, 0.2) is 41.3 Å². The molecule has 0 bridgehead atoms. The molecule has 0 N–H and O–H groups in total. The minimum Gasteiger partial charge on any atom is -0.493 e. The van der Waals surface area contributed by atoms with E-state index in [-0.39, 0.29) is 36.9 Å². The van der Waals surface area contributed by atoms with Gasteiger partial charge in [-0.25, -0.2) is 17.2 Å². The maximum absolute atomic E-state index is 13.7. The Morgan fingerprint density at radius 2 is 1.69 bits per heavy atom. The first-order valence-corrected chi connectivity index (χ1v) is 14.0. The molecule has 2 fully saturated rings. The fourth-order valence-corrected chi connectivity index (χ4v) is 6.45. The van der Waals surface area contributed by atoms with Crippen LogP contribution in [0.5, 0.6) is 5.75 Å². The zero-order chi connectivity index (χ0) is 25.9. The van der Waals surface area contributed by atoms with Crippen molar-refractivity contribution in [3.8, 4) is 5.75 Å². The van der Waals surface area contributed by atoms with Crippen LogP contribution >= 0.6 is 11.6 Å². The molecule has 0 atom stereocenters. The third kappa shape index (κ3) is 6.01. The van der Waals surface area contributed by atoms with Crippen molar-refractivity contribution in [2.45, 2.75) is 50.3 Å². The van der Waals surface area contributed by atoms with Crippen LogP contribution in [0.1, 0.15) is 44.1 Å². The Morgan fingerprint density at radius 3 is 2.33 bits per heavy atom. The van der Waals surface area contributed by atoms with Crippen LogP contribution in [0.4, 0.5) is 8.78 Å². The fourth-order valence-electron chi connectivity index (χ4n) is 4.88. The number of amides is 1. The normalized spacial score (nSPS) is 18.7.